The van der Waals surface area contributed by atoms with E-state index in [9.17, 15) is 0 Å². The third-order valence-corrected chi connectivity index (χ3v) is 3.32. The van der Waals surface area contributed by atoms with E-state index in [0.29, 0.717) is 0 Å². The molecule has 3 rings (SSSR count). The van der Waals surface area contributed by atoms with Gasteiger partial charge in [0.15, 0.2) is 5.65 Å². The van der Waals surface area contributed by atoms with Gasteiger partial charge in [0, 0.05) is 29.6 Å². The minimum absolute atomic E-state index is 0.173. The Morgan fingerprint density at radius 3 is 2.93 bits per heavy atom. The lowest BCUT2D eigenvalue weighted by atomic mass is 9.92. The van der Waals surface area contributed by atoms with Crippen LogP contribution in [-0.4, -0.2) is 14.6 Å². The summed E-state index contributed by atoms with van der Waals surface area (Å²) >= 11 is 0. The SMILES string of the molecule is NC1(c2cnc3ccnn3c2)CCCC1. The predicted octanol–water partition coefficient (Wildman–Crippen LogP) is 1.46. The molecule has 0 saturated heterocycles. The summed E-state index contributed by atoms with van der Waals surface area (Å²) < 4.78 is 1.79. The van der Waals surface area contributed by atoms with Crippen LogP contribution in [0.3, 0.4) is 0 Å². The van der Waals surface area contributed by atoms with E-state index in [1.807, 2.05) is 18.5 Å². The second-order valence-electron chi connectivity index (χ2n) is 4.34. The van der Waals surface area contributed by atoms with Crippen molar-refractivity contribution in [2.24, 2.45) is 5.73 Å². The summed E-state index contributed by atoms with van der Waals surface area (Å²) in [5.41, 5.74) is 8.17. The molecule has 15 heavy (non-hydrogen) atoms. The molecule has 1 aliphatic carbocycles. The van der Waals surface area contributed by atoms with Crippen molar-refractivity contribution < 1.29 is 0 Å². The topological polar surface area (TPSA) is 56.2 Å². The van der Waals surface area contributed by atoms with Gasteiger partial charge < -0.3 is 5.73 Å². The van der Waals surface area contributed by atoms with Gasteiger partial charge in [-0.15, -0.1) is 0 Å². The van der Waals surface area contributed by atoms with Gasteiger partial charge in [0.2, 0.25) is 0 Å². The Morgan fingerprint density at radius 2 is 2.13 bits per heavy atom. The zero-order valence-corrected chi connectivity index (χ0v) is 8.56. The van der Waals surface area contributed by atoms with Crippen LogP contribution in [0.4, 0.5) is 0 Å². The number of nitrogens with two attached hydrogens (primary N) is 1. The fourth-order valence-electron chi connectivity index (χ4n) is 2.36. The number of rotatable bonds is 1. The summed E-state index contributed by atoms with van der Waals surface area (Å²) in [5.74, 6) is 0. The van der Waals surface area contributed by atoms with Crippen LogP contribution >= 0.6 is 0 Å². The van der Waals surface area contributed by atoms with Gasteiger partial charge in [-0.05, 0) is 12.8 Å². The van der Waals surface area contributed by atoms with Gasteiger partial charge >= 0.3 is 0 Å². The van der Waals surface area contributed by atoms with E-state index in [4.69, 9.17) is 5.73 Å². The van der Waals surface area contributed by atoms with Crippen molar-refractivity contribution in [1.29, 1.82) is 0 Å². The number of aromatic nitrogens is 3. The van der Waals surface area contributed by atoms with Crippen molar-refractivity contribution in [2.45, 2.75) is 31.2 Å². The zero-order valence-electron chi connectivity index (χ0n) is 8.56. The van der Waals surface area contributed by atoms with Crippen LogP contribution in [0.1, 0.15) is 31.2 Å². The molecule has 0 unspecified atom stereocenters. The number of nitrogens with zero attached hydrogens (tertiary/aromatic N) is 3. The lowest BCUT2D eigenvalue weighted by Crippen LogP contribution is -2.33. The lowest BCUT2D eigenvalue weighted by Gasteiger charge is -2.23. The molecule has 0 atom stereocenters. The third kappa shape index (κ3) is 1.33. The molecule has 1 saturated carbocycles. The van der Waals surface area contributed by atoms with E-state index in [2.05, 4.69) is 10.1 Å². The standard InChI is InChI=1S/C11H14N4/c12-11(4-1-2-5-11)9-7-13-10-3-6-14-15(10)8-9/h3,6-8H,1-2,4-5,12H2. The summed E-state index contributed by atoms with van der Waals surface area (Å²) in [6, 6.07) is 1.89. The molecule has 2 N–H and O–H groups in total. The molecule has 0 spiro atoms. The Hall–Kier alpha value is -1.42. The molecule has 0 bridgehead atoms. The van der Waals surface area contributed by atoms with Gasteiger partial charge in [0.1, 0.15) is 0 Å². The zero-order chi connectivity index (χ0) is 10.3. The van der Waals surface area contributed by atoms with Gasteiger partial charge in [-0.25, -0.2) is 9.50 Å². The molecular weight excluding hydrogens is 188 g/mol. The minimum Gasteiger partial charge on any atom is -0.321 e. The van der Waals surface area contributed by atoms with Gasteiger partial charge in [-0.3, -0.25) is 0 Å². The van der Waals surface area contributed by atoms with Crippen LogP contribution in [0.25, 0.3) is 5.65 Å². The largest absolute Gasteiger partial charge is 0.321 e. The molecule has 0 aliphatic heterocycles. The normalized spacial score (nSPS) is 19.8. The van der Waals surface area contributed by atoms with Crippen molar-refractivity contribution in [3.8, 4) is 0 Å². The first-order valence-electron chi connectivity index (χ1n) is 5.37. The van der Waals surface area contributed by atoms with E-state index in [1.165, 1.54) is 12.8 Å². The molecule has 4 heteroatoms. The van der Waals surface area contributed by atoms with Crippen LogP contribution in [0, 0.1) is 0 Å². The van der Waals surface area contributed by atoms with E-state index in [-0.39, 0.29) is 5.54 Å². The maximum absolute atomic E-state index is 6.36. The molecule has 1 aliphatic rings. The Balaban J connectivity index is 2.10. The summed E-state index contributed by atoms with van der Waals surface area (Å²) in [4.78, 5) is 4.35. The number of fused-ring (bicyclic) bond motifs is 1. The van der Waals surface area contributed by atoms with Crippen molar-refractivity contribution in [3.05, 3.63) is 30.2 Å². The second kappa shape index (κ2) is 3.03. The molecule has 2 heterocycles. The van der Waals surface area contributed by atoms with Crippen LogP contribution in [-0.2, 0) is 5.54 Å². The van der Waals surface area contributed by atoms with Crippen molar-refractivity contribution in [3.63, 3.8) is 0 Å². The van der Waals surface area contributed by atoms with E-state index in [0.717, 1.165) is 24.1 Å². The van der Waals surface area contributed by atoms with Gasteiger partial charge in [-0.2, -0.15) is 5.10 Å². The first-order chi connectivity index (χ1) is 7.28. The van der Waals surface area contributed by atoms with Crippen molar-refractivity contribution in [1.82, 2.24) is 14.6 Å². The molecule has 2 aromatic rings. The third-order valence-electron chi connectivity index (χ3n) is 3.32. The fraction of sp³-hybridized carbons (Fsp3) is 0.455. The van der Waals surface area contributed by atoms with Crippen LogP contribution < -0.4 is 5.73 Å². The molecule has 2 aromatic heterocycles. The molecule has 0 amide bonds. The quantitative estimate of drug-likeness (QED) is 0.761. The summed E-state index contributed by atoms with van der Waals surface area (Å²) in [7, 11) is 0. The molecular formula is C11H14N4. The first kappa shape index (κ1) is 8.85. The smallest absolute Gasteiger partial charge is 0.154 e. The van der Waals surface area contributed by atoms with E-state index < -0.39 is 0 Å². The molecule has 0 radical (unpaired) electrons. The highest BCUT2D eigenvalue weighted by molar-refractivity contribution is 5.37. The average molecular weight is 202 g/mol. The monoisotopic (exact) mass is 202 g/mol. The Bertz CT molecular complexity index is 482. The van der Waals surface area contributed by atoms with Gasteiger partial charge in [-0.1, -0.05) is 12.8 Å². The highest BCUT2D eigenvalue weighted by atomic mass is 15.2. The van der Waals surface area contributed by atoms with Crippen molar-refractivity contribution >= 4 is 5.65 Å². The second-order valence-corrected chi connectivity index (χ2v) is 4.34. The Morgan fingerprint density at radius 1 is 1.33 bits per heavy atom. The van der Waals surface area contributed by atoms with Crippen LogP contribution in [0.15, 0.2) is 24.7 Å². The lowest BCUT2D eigenvalue weighted by molar-refractivity contribution is 0.457. The predicted molar refractivity (Wildman–Crippen MR) is 57.3 cm³/mol. The number of hydrogen-bond acceptors (Lipinski definition) is 3. The van der Waals surface area contributed by atoms with Crippen LogP contribution in [0.5, 0.6) is 0 Å². The van der Waals surface area contributed by atoms with Crippen LogP contribution in [0.2, 0.25) is 0 Å². The Labute approximate surface area is 88.1 Å². The van der Waals surface area contributed by atoms with E-state index >= 15 is 0 Å². The average Bonchev–Trinajstić information content (AvgIpc) is 2.85. The molecule has 78 valence electrons. The molecule has 0 aromatic carbocycles. The summed E-state index contributed by atoms with van der Waals surface area (Å²) in [5, 5.41) is 4.18. The summed E-state index contributed by atoms with van der Waals surface area (Å²) in [6.45, 7) is 0. The maximum Gasteiger partial charge on any atom is 0.154 e. The molecule has 1 fully saturated rings. The minimum atomic E-state index is -0.173. The molecule has 4 nitrogen and oxygen atoms in total. The van der Waals surface area contributed by atoms with Crippen molar-refractivity contribution in [2.75, 3.05) is 0 Å². The Kier molecular flexibility index (Phi) is 1.79. The van der Waals surface area contributed by atoms with Gasteiger partial charge in [0.25, 0.3) is 0 Å². The summed E-state index contributed by atoms with van der Waals surface area (Å²) in [6.07, 6.45) is 10.2. The maximum atomic E-state index is 6.36. The van der Waals surface area contributed by atoms with Gasteiger partial charge in [0.05, 0.1) is 6.20 Å². The highest BCUT2D eigenvalue weighted by Gasteiger charge is 2.31. The number of hydrogen-bond donors (Lipinski definition) is 1. The fourth-order valence-corrected chi connectivity index (χ4v) is 2.36. The van der Waals surface area contributed by atoms with E-state index in [1.54, 1.807) is 10.7 Å². The highest BCUT2D eigenvalue weighted by Crippen LogP contribution is 2.35. The first-order valence-corrected chi connectivity index (χ1v) is 5.37.